The van der Waals surface area contributed by atoms with Gasteiger partial charge in [-0.3, -0.25) is 4.79 Å². The molecule has 3 aromatic carbocycles. The summed E-state index contributed by atoms with van der Waals surface area (Å²) < 4.78 is 31.1. The molecule has 12 nitrogen and oxygen atoms in total. The van der Waals surface area contributed by atoms with Crippen molar-refractivity contribution < 1.29 is 38.1 Å². The number of urea groups is 2. The third-order valence-electron chi connectivity index (χ3n) is 8.55. The number of halogens is 1. The number of nitrogens with one attached hydrogen (secondary N) is 3. The fraction of sp³-hybridized carbons (Fsp3) is 0.432. The first-order chi connectivity index (χ1) is 24.0. The van der Waals surface area contributed by atoms with Gasteiger partial charge in [-0.25, -0.2) is 14.0 Å². The third-order valence-corrected chi connectivity index (χ3v) is 8.55. The number of aliphatic hydroxyl groups excluding tert-OH is 1. The first-order valence-corrected chi connectivity index (χ1v) is 16.8. The molecule has 0 radical (unpaired) electrons. The monoisotopic (exact) mass is 693 g/mol. The summed E-state index contributed by atoms with van der Waals surface area (Å²) in [5, 5.41) is 18.6. The maximum Gasteiger partial charge on any atom is 0.323 e. The number of benzene rings is 3. The van der Waals surface area contributed by atoms with E-state index in [1.165, 1.54) is 29.2 Å². The third kappa shape index (κ3) is 10.8. The van der Waals surface area contributed by atoms with Gasteiger partial charge in [0.1, 0.15) is 17.3 Å². The topological polar surface area (TPSA) is 142 Å². The smallest absolute Gasteiger partial charge is 0.323 e. The minimum absolute atomic E-state index is 0.198. The number of hydrogen-bond acceptors (Lipinski definition) is 7. The summed E-state index contributed by atoms with van der Waals surface area (Å²) in [5.41, 5.74) is 1.62. The molecule has 5 amide bonds. The lowest BCUT2D eigenvalue weighted by molar-refractivity contribution is -0.0115. The van der Waals surface area contributed by atoms with E-state index in [1.54, 1.807) is 68.4 Å². The molecule has 13 heteroatoms. The fourth-order valence-electron chi connectivity index (χ4n) is 5.54. The Morgan fingerprint density at radius 3 is 2.32 bits per heavy atom. The van der Waals surface area contributed by atoms with Gasteiger partial charge in [0.2, 0.25) is 0 Å². The highest BCUT2D eigenvalue weighted by Crippen LogP contribution is 2.29. The molecule has 1 aliphatic rings. The molecule has 0 spiro atoms. The van der Waals surface area contributed by atoms with Crippen LogP contribution in [0.3, 0.4) is 0 Å². The van der Waals surface area contributed by atoms with E-state index in [2.05, 4.69) is 16.0 Å². The van der Waals surface area contributed by atoms with Crippen molar-refractivity contribution in [1.29, 1.82) is 0 Å². The Balaban J connectivity index is 1.56. The maximum absolute atomic E-state index is 14.4. The molecule has 270 valence electrons. The highest BCUT2D eigenvalue weighted by Gasteiger charge is 2.31. The zero-order chi connectivity index (χ0) is 36.2. The summed E-state index contributed by atoms with van der Waals surface area (Å²) in [6, 6.07) is 15.9. The fourth-order valence-corrected chi connectivity index (χ4v) is 5.54. The quantitative estimate of drug-likeness (QED) is 0.213. The number of aliphatic hydroxyl groups is 1. The van der Waals surface area contributed by atoms with Crippen LogP contribution >= 0.6 is 0 Å². The molecule has 1 aliphatic heterocycles. The summed E-state index contributed by atoms with van der Waals surface area (Å²) in [4.78, 5) is 43.4. The molecule has 4 atom stereocenters. The van der Waals surface area contributed by atoms with Gasteiger partial charge >= 0.3 is 12.1 Å². The van der Waals surface area contributed by atoms with E-state index in [9.17, 15) is 23.9 Å². The van der Waals surface area contributed by atoms with E-state index in [-0.39, 0.29) is 43.3 Å². The predicted octanol–water partition coefficient (Wildman–Crippen LogP) is 6.44. The largest absolute Gasteiger partial charge is 0.497 e. The molecular weight excluding hydrogens is 645 g/mol. The van der Waals surface area contributed by atoms with Crippen LogP contribution in [-0.4, -0.2) is 91.6 Å². The van der Waals surface area contributed by atoms with Gasteiger partial charge in [0.25, 0.3) is 5.91 Å². The van der Waals surface area contributed by atoms with E-state index >= 15 is 0 Å². The van der Waals surface area contributed by atoms with Gasteiger partial charge in [0.05, 0.1) is 37.5 Å². The van der Waals surface area contributed by atoms with Crippen LogP contribution in [0.4, 0.5) is 31.0 Å². The summed E-state index contributed by atoms with van der Waals surface area (Å²) >= 11 is 0. The number of anilines is 3. The Hall–Kier alpha value is -4.88. The zero-order valence-corrected chi connectivity index (χ0v) is 29.3. The number of fused-ring (bicyclic) bond motifs is 1. The second-order valence-corrected chi connectivity index (χ2v) is 12.6. The van der Waals surface area contributed by atoms with E-state index in [1.807, 2.05) is 13.8 Å². The van der Waals surface area contributed by atoms with Crippen molar-refractivity contribution in [2.24, 2.45) is 5.92 Å². The van der Waals surface area contributed by atoms with Gasteiger partial charge in [-0.2, -0.15) is 0 Å². The van der Waals surface area contributed by atoms with Gasteiger partial charge < -0.3 is 45.1 Å². The van der Waals surface area contributed by atoms with E-state index < -0.39 is 29.9 Å². The van der Waals surface area contributed by atoms with Crippen molar-refractivity contribution in [3.63, 3.8) is 0 Å². The maximum atomic E-state index is 14.4. The molecule has 0 saturated carbocycles. The first-order valence-electron chi connectivity index (χ1n) is 16.8. The number of methoxy groups -OCH3 is 1. The molecule has 0 aliphatic carbocycles. The molecule has 1 heterocycles. The lowest BCUT2D eigenvalue weighted by atomic mass is 10.0. The van der Waals surface area contributed by atoms with E-state index in [4.69, 9.17) is 14.2 Å². The Labute approximate surface area is 292 Å². The Bertz CT molecular complexity index is 1570. The average Bonchev–Trinajstić information content (AvgIpc) is 3.10. The van der Waals surface area contributed by atoms with Crippen molar-refractivity contribution in [1.82, 2.24) is 9.80 Å². The lowest BCUT2D eigenvalue weighted by Crippen LogP contribution is -2.48. The van der Waals surface area contributed by atoms with Crippen LogP contribution in [0.1, 0.15) is 50.4 Å². The van der Waals surface area contributed by atoms with Crippen LogP contribution in [0.25, 0.3) is 0 Å². The van der Waals surface area contributed by atoms with Crippen LogP contribution in [0.2, 0.25) is 0 Å². The molecule has 0 aromatic heterocycles. The Morgan fingerprint density at radius 1 is 1.00 bits per heavy atom. The molecule has 50 heavy (non-hydrogen) atoms. The van der Waals surface area contributed by atoms with Crippen molar-refractivity contribution in [3.05, 3.63) is 78.1 Å². The minimum Gasteiger partial charge on any atom is -0.497 e. The number of carbonyl (C=O) groups excluding carboxylic acids is 3. The van der Waals surface area contributed by atoms with Gasteiger partial charge in [-0.1, -0.05) is 6.92 Å². The predicted molar refractivity (Wildman–Crippen MR) is 191 cm³/mol. The number of carbonyl (C=O) groups is 3. The van der Waals surface area contributed by atoms with Gasteiger partial charge in [0.15, 0.2) is 0 Å². The molecule has 0 fully saturated rings. The zero-order valence-electron chi connectivity index (χ0n) is 29.3. The molecule has 4 rings (SSSR count). The highest BCUT2D eigenvalue weighted by atomic mass is 19.1. The number of hydrogen-bond donors (Lipinski definition) is 4. The van der Waals surface area contributed by atoms with Crippen LogP contribution in [0, 0.1) is 11.7 Å². The molecular formula is C37H48FN5O7. The van der Waals surface area contributed by atoms with Gasteiger partial charge in [0, 0.05) is 49.7 Å². The first kappa shape index (κ1) is 37.9. The second-order valence-electron chi connectivity index (χ2n) is 12.6. The average molecular weight is 694 g/mol. The summed E-state index contributed by atoms with van der Waals surface area (Å²) in [5.74, 6) is -0.0349. The molecule has 0 bridgehead atoms. The number of rotatable bonds is 8. The summed E-state index contributed by atoms with van der Waals surface area (Å²) in [6.45, 7) is 6.19. The van der Waals surface area contributed by atoms with E-state index in [0.29, 0.717) is 41.6 Å². The van der Waals surface area contributed by atoms with Gasteiger partial charge in [-0.05, 0) is 99.8 Å². The van der Waals surface area contributed by atoms with Crippen molar-refractivity contribution in [3.8, 4) is 11.5 Å². The SMILES string of the molecule is COc1ccc(NC(=O)Nc2ccc3c(c2)C(=O)N([C@@H](C)CO)C[C@@H](C)[C@@H](CN(C)C(=O)Nc2ccc(F)cc2)OCCCC[C@@H](C)O3)cc1. The standard InChI is InChI=1S/C37H48FN5O7/c1-24-21-43(25(2)23-44)35(45)32-20-30(40-36(46)39-28-13-16-31(48-5)17-14-28)15-18-33(32)50-26(3)8-6-7-19-49-34(24)22-42(4)37(47)41-29-11-9-27(38)10-12-29/h9-18,20,24-26,34,44H,6-8,19,21-23H2,1-5H3,(H,41,47)(H2,39,40,46)/t24-,25+,26-,34-/m1/s1. The Morgan fingerprint density at radius 2 is 1.64 bits per heavy atom. The van der Waals surface area contributed by atoms with E-state index in [0.717, 1.165) is 12.8 Å². The molecule has 3 aromatic rings. The van der Waals surface area contributed by atoms with Crippen molar-refractivity contribution >= 4 is 35.0 Å². The normalized spacial score (nSPS) is 19.2. The number of likely N-dealkylation sites (N-methyl/N-ethyl adjacent to an activating group) is 1. The molecule has 4 N–H and O–H groups in total. The summed E-state index contributed by atoms with van der Waals surface area (Å²) in [7, 11) is 3.21. The number of ether oxygens (including phenoxy) is 3. The van der Waals surface area contributed by atoms with Gasteiger partial charge in [-0.15, -0.1) is 0 Å². The summed E-state index contributed by atoms with van der Waals surface area (Å²) in [6.07, 6.45) is 1.60. The number of nitrogens with zero attached hydrogens (tertiary/aromatic N) is 2. The minimum atomic E-state index is -0.571. The van der Waals surface area contributed by atoms with Crippen LogP contribution < -0.4 is 25.4 Å². The Kier molecular flexibility index (Phi) is 13.8. The second kappa shape index (κ2) is 18.2. The molecule has 0 unspecified atom stereocenters. The van der Waals surface area contributed by atoms with Crippen molar-refractivity contribution in [2.45, 2.75) is 58.3 Å². The van der Waals surface area contributed by atoms with Crippen LogP contribution in [-0.2, 0) is 4.74 Å². The highest BCUT2D eigenvalue weighted by molar-refractivity contribution is 6.02. The van der Waals surface area contributed by atoms with Crippen molar-refractivity contribution in [2.75, 3.05) is 56.4 Å². The lowest BCUT2D eigenvalue weighted by Gasteiger charge is -2.35. The van der Waals surface area contributed by atoms with Crippen LogP contribution in [0.15, 0.2) is 66.7 Å². The number of amides is 5. The molecule has 0 saturated heterocycles. The van der Waals surface area contributed by atoms with Crippen LogP contribution in [0.5, 0.6) is 11.5 Å².